The van der Waals surface area contributed by atoms with E-state index in [0.717, 1.165) is 37.7 Å². The van der Waals surface area contributed by atoms with Crippen LogP contribution in [0.15, 0.2) is 210 Å². The van der Waals surface area contributed by atoms with E-state index in [1.54, 1.807) is 128 Å². The van der Waals surface area contributed by atoms with Crippen LogP contribution in [0.5, 0.6) is 0 Å². The lowest BCUT2D eigenvalue weighted by Crippen LogP contribution is -2.24. The summed E-state index contributed by atoms with van der Waals surface area (Å²) < 4.78 is 61.9. The quantitative estimate of drug-likeness (QED) is 0.0395. The highest BCUT2D eigenvalue weighted by molar-refractivity contribution is 6.36. The first-order valence-corrected chi connectivity index (χ1v) is 33.5. The van der Waals surface area contributed by atoms with Gasteiger partial charge in [-0.3, -0.25) is 43.3 Å². The van der Waals surface area contributed by atoms with Crippen molar-refractivity contribution in [1.82, 2.24) is 59.2 Å². The number of nitrogens with zero attached hydrogens (tertiary/aromatic N) is 7. The highest BCUT2D eigenvalue weighted by atomic mass is 35.5. The van der Waals surface area contributed by atoms with Crippen molar-refractivity contribution in [2.24, 2.45) is 5.73 Å². The van der Waals surface area contributed by atoms with Crippen molar-refractivity contribution in [1.29, 1.82) is 0 Å². The van der Waals surface area contributed by atoms with Gasteiger partial charge in [0.2, 0.25) is 5.95 Å². The van der Waals surface area contributed by atoms with Crippen molar-refractivity contribution in [2.45, 2.75) is 39.3 Å². The normalized spacial score (nSPS) is 11.0. The van der Waals surface area contributed by atoms with Gasteiger partial charge in [-0.2, -0.15) is 4.39 Å². The molecule has 15 aromatic rings. The second-order valence-corrected chi connectivity index (χ2v) is 25.8. The maximum absolute atomic E-state index is 14.4. The average molecular weight is 1580 g/mol. The fourth-order valence-electron chi connectivity index (χ4n) is 11.0. The topological polar surface area (TPSA) is 286 Å². The zero-order chi connectivity index (χ0) is 75.5. The van der Waals surface area contributed by atoms with Crippen LogP contribution in [0.4, 0.5) is 17.6 Å². The van der Waals surface area contributed by atoms with E-state index in [1.807, 2.05) is 0 Å². The molecule has 0 spiro atoms. The van der Waals surface area contributed by atoms with Gasteiger partial charge < -0.3 is 50.1 Å². The number of carbonyl (C=O) groups excluding carboxylic acids is 2. The molecule has 0 saturated heterocycles. The summed E-state index contributed by atoms with van der Waals surface area (Å²) in [6, 6.07) is 37.2. The van der Waals surface area contributed by atoms with E-state index in [4.69, 9.17) is 81.8 Å². The van der Waals surface area contributed by atoms with Crippen molar-refractivity contribution in [3.05, 3.63) is 325 Å². The molecule has 0 saturated carbocycles. The second-order valence-electron chi connectivity index (χ2n) is 23.2. The van der Waals surface area contributed by atoms with Gasteiger partial charge in [-0.15, -0.1) is 12.4 Å². The Bertz CT molecular complexity index is 5820. The van der Waals surface area contributed by atoms with Gasteiger partial charge in [0.05, 0.1) is 65.9 Å². The lowest BCUT2D eigenvalue weighted by atomic mass is 10.1. The maximum atomic E-state index is 14.4. The molecular formula is C75H56Cl7F4N13O7. The molecule has 540 valence electrons. The smallest absolute Gasteiger partial charge is 0.335 e. The van der Waals surface area contributed by atoms with E-state index in [9.17, 15) is 46.3 Å². The number of aromatic carboxylic acids is 1. The highest BCUT2D eigenvalue weighted by Crippen LogP contribution is 2.29. The minimum absolute atomic E-state index is 0. The SMILES string of the molecule is Cl.NCc1cc2c(Cl)c[nH]c2cc1F.O=C(NCc1cc2c(Cl)c[nH]c2cc1F)c1ccnc(Cn2cc3cc(Cl)ccc3cc2=O)c1.O=C(NCc1cc2c(Cl)c[nH]c2nc1F)c1ccnc(Cn2cc3cc(Cl)ccc3cc2=O)c1.O=C(O)c1ccnc(Cn2cc3cc(Cl)ccc3cc2=O)c1.[2H]CF. The number of rotatable bonds is 14. The van der Waals surface area contributed by atoms with E-state index in [-0.39, 0.29) is 91.2 Å². The molecule has 2 amide bonds. The van der Waals surface area contributed by atoms with E-state index < -0.39 is 30.8 Å². The number of carboxylic acid groups (broad SMARTS) is 1. The van der Waals surface area contributed by atoms with Crippen LogP contribution in [0.25, 0.3) is 65.2 Å². The van der Waals surface area contributed by atoms with Gasteiger partial charge in [-0.05, 0) is 135 Å². The first-order valence-electron chi connectivity index (χ1n) is 31.9. The highest BCUT2D eigenvalue weighted by Gasteiger charge is 2.17. The summed E-state index contributed by atoms with van der Waals surface area (Å²) in [6.45, 7) is 0.650. The van der Waals surface area contributed by atoms with E-state index in [0.29, 0.717) is 96.9 Å². The molecule has 10 heterocycles. The predicted octanol–water partition coefficient (Wildman–Crippen LogP) is 16.2. The molecule has 10 aromatic heterocycles. The molecule has 5 aromatic carbocycles. The fourth-order valence-corrected chi connectivity index (χ4v) is 12.2. The molecule has 31 heteroatoms. The Morgan fingerprint density at radius 2 is 0.858 bits per heavy atom. The molecule has 0 aliphatic carbocycles. The minimum Gasteiger partial charge on any atom is -0.478 e. The summed E-state index contributed by atoms with van der Waals surface area (Å²) in [4.78, 5) is 98.6. The van der Waals surface area contributed by atoms with Crippen molar-refractivity contribution in [2.75, 3.05) is 7.15 Å². The average Bonchev–Trinajstić information content (AvgIpc) is 1.65. The largest absolute Gasteiger partial charge is 0.478 e. The molecule has 0 aliphatic rings. The number of pyridine rings is 7. The third kappa shape index (κ3) is 18.8. The van der Waals surface area contributed by atoms with E-state index in [1.165, 1.54) is 81.0 Å². The number of halogens is 11. The number of carbonyl (C=O) groups is 3. The molecule has 0 atom stereocenters. The number of alkyl halides is 1. The van der Waals surface area contributed by atoms with Crippen LogP contribution in [0, 0.1) is 17.6 Å². The molecule has 106 heavy (non-hydrogen) atoms. The summed E-state index contributed by atoms with van der Waals surface area (Å²) in [5.74, 6) is -3.27. The zero-order valence-electron chi connectivity index (χ0n) is 55.7. The Morgan fingerprint density at radius 1 is 0.491 bits per heavy atom. The van der Waals surface area contributed by atoms with E-state index in [2.05, 4.69) is 45.5 Å². The van der Waals surface area contributed by atoms with Crippen molar-refractivity contribution in [3.8, 4) is 0 Å². The Morgan fingerprint density at radius 3 is 1.28 bits per heavy atom. The van der Waals surface area contributed by atoms with Crippen LogP contribution in [-0.2, 0) is 39.3 Å². The standard InChI is InChI=1S/C25H17Cl2FN4O2.C24H16Cl2FN5O2.C16H11ClN2O3.C9H8ClFN2.CH3F.ClH/c26-18-2-1-14-8-24(33)32(12-17(14)5-18)13-19-6-15(3-4-29-19)25(34)31-10-16-7-20-21(27)11-30-23(20)9-22(16)28;25-17-2-1-13-8-21(33)32(11-16(13)5-17)12-18-6-14(3-4-28-18)24(34)30-9-15-7-19-20(26)10-29-23(19)31-22(15)27;17-13-2-1-10-7-15(20)19(8-12(10)5-13)9-14-6-11(16(21)22)3-4-18-14;10-7-4-13-9-2-8(11)5(3-12)1-6(7)9;1-2;/h1-9,11-12,30H,10,13H2,(H,31,34);1-8,10-11H,9,12H2,(H,29,31)(H,30,34);1-8H,9H2,(H,21,22);1-2,4,13H,3,12H2;1H3;1H/i;;;;1D;. The number of amides is 2. The van der Waals surface area contributed by atoms with Gasteiger partial charge in [-0.1, -0.05) is 87.8 Å². The summed E-state index contributed by atoms with van der Waals surface area (Å²) in [6.07, 6.45) is 14.3. The van der Waals surface area contributed by atoms with Crippen molar-refractivity contribution < 1.29 is 38.4 Å². The fraction of sp³-hybridized carbons (Fsp3) is 0.0933. The first-order chi connectivity index (χ1) is 50.9. The molecule has 0 aliphatic heterocycles. The van der Waals surface area contributed by atoms with Crippen molar-refractivity contribution in [3.63, 3.8) is 0 Å². The van der Waals surface area contributed by atoms with Gasteiger partial charge in [0.15, 0.2) is 0 Å². The number of hydrogen-bond acceptors (Lipinski definition) is 11. The van der Waals surface area contributed by atoms with Gasteiger partial charge in [0.25, 0.3) is 28.5 Å². The Labute approximate surface area is 635 Å². The minimum atomic E-state index is -1.03. The number of aromatic nitrogens is 10. The number of carboxylic acids is 1. The molecule has 0 fully saturated rings. The van der Waals surface area contributed by atoms with Gasteiger partial charge in [0, 0.05) is 164 Å². The number of fused-ring (bicyclic) bond motifs is 6. The maximum Gasteiger partial charge on any atom is 0.335 e. The predicted molar refractivity (Wildman–Crippen MR) is 409 cm³/mol. The zero-order valence-corrected chi connectivity index (χ0v) is 60.1. The van der Waals surface area contributed by atoms with Crippen molar-refractivity contribution >= 4 is 165 Å². The molecule has 0 unspecified atom stereocenters. The molecular weight excluding hydrogens is 1520 g/mol. The van der Waals surface area contributed by atoms with Gasteiger partial charge in [0.1, 0.15) is 17.3 Å². The molecule has 0 radical (unpaired) electrons. The number of nitrogens with two attached hydrogens (primary N) is 1. The summed E-state index contributed by atoms with van der Waals surface area (Å²) in [5, 5.41) is 24.5. The monoisotopic (exact) mass is 1570 g/mol. The third-order valence-electron chi connectivity index (χ3n) is 16.3. The van der Waals surface area contributed by atoms with Gasteiger partial charge in [-0.25, -0.2) is 18.6 Å². The number of H-pyrrole nitrogens is 3. The Kier molecular flexibility index (Phi) is 25.0. The molecule has 8 N–H and O–H groups in total. The second kappa shape index (κ2) is 34.8. The van der Waals surface area contributed by atoms with Crippen LogP contribution in [-0.4, -0.2) is 78.6 Å². The summed E-state index contributed by atoms with van der Waals surface area (Å²) in [5.41, 5.74) is 9.78. The molecule has 15 rings (SSSR count). The Balaban J connectivity index is 0.000000157. The number of nitrogens with one attached hydrogen (secondary N) is 5. The number of aromatic amines is 3. The molecule has 0 bridgehead atoms. The summed E-state index contributed by atoms with van der Waals surface area (Å²) in [7, 11) is -1.00. The van der Waals surface area contributed by atoms with Gasteiger partial charge >= 0.3 is 5.97 Å². The van der Waals surface area contributed by atoms with Crippen LogP contribution in [0.1, 0.15) is 66.2 Å². The van der Waals surface area contributed by atoms with Crippen LogP contribution in [0.3, 0.4) is 0 Å². The first kappa shape index (κ1) is 76.2. The van der Waals surface area contributed by atoms with E-state index >= 15 is 0 Å². The number of hydrogen-bond donors (Lipinski definition) is 7. The summed E-state index contributed by atoms with van der Waals surface area (Å²) >= 11 is 36.1. The third-order valence-corrected chi connectivity index (χ3v) is 17.9. The molecule has 20 nitrogen and oxygen atoms in total. The Hall–Kier alpha value is -10.9. The lowest BCUT2D eigenvalue weighted by molar-refractivity contribution is 0.0695. The van der Waals surface area contributed by atoms with Crippen LogP contribution >= 0.6 is 82.0 Å². The van der Waals surface area contributed by atoms with Crippen LogP contribution in [0.2, 0.25) is 30.1 Å². The lowest BCUT2D eigenvalue weighted by Gasteiger charge is -2.10. The number of benzene rings is 5. The van der Waals surface area contributed by atoms with Crippen LogP contribution < -0.4 is 33.0 Å².